The third kappa shape index (κ3) is 6.10. The average Bonchev–Trinajstić information content (AvgIpc) is 2.76. The Morgan fingerprint density at radius 2 is 1.54 bits per heavy atom. The molecule has 28 heavy (non-hydrogen) atoms. The first-order valence-electron chi connectivity index (χ1n) is 11.6. The van der Waals surface area contributed by atoms with Gasteiger partial charge >= 0.3 is 0 Å². The van der Waals surface area contributed by atoms with Crippen molar-refractivity contribution >= 4 is 0 Å². The van der Waals surface area contributed by atoms with Crippen LogP contribution in [0.25, 0.3) is 0 Å². The number of hydrogen-bond acceptors (Lipinski definition) is 1. The fraction of sp³-hybridized carbons (Fsp3) is 0.593. The summed E-state index contributed by atoms with van der Waals surface area (Å²) in [4.78, 5) is 0. The molecular formula is C27H37N. The monoisotopic (exact) mass is 375 g/mol. The molecule has 2 aliphatic carbocycles. The third-order valence-corrected chi connectivity index (χ3v) is 7.19. The predicted molar refractivity (Wildman–Crippen MR) is 119 cm³/mol. The quantitative estimate of drug-likeness (QED) is 0.353. The van der Waals surface area contributed by atoms with E-state index in [9.17, 15) is 0 Å². The van der Waals surface area contributed by atoms with Crippen LogP contribution in [0.4, 0.5) is 0 Å². The molecule has 0 N–H and O–H groups in total. The van der Waals surface area contributed by atoms with Gasteiger partial charge in [0.1, 0.15) is 0 Å². The molecule has 1 aromatic rings. The van der Waals surface area contributed by atoms with Crippen LogP contribution in [-0.2, 0) is 6.42 Å². The van der Waals surface area contributed by atoms with Crippen molar-refractivity contribution in [3.05, 3.63) is 59.7 Å². The Labute approximate surface area is 172 Å². The van der Waals surface area contributed by atoms with Gasteiger partial charge in [-0.3, -0.25) is 0 Å². The maximum Gasteiger partial charge on any atom is 0.0912 e. The van der Waals surface area contributed by atoms with Gasteiger partial charge in [0, 0.05) is 6.08 Å². The molecule has 1 aromatic carbocycles. The summed E-state index contributed by atoms with van der Waals surface area (Å²) in [7, 11) is 0. The van der Waals surface area contributed by atoms with Gasteiger partial charge in [-0.15, -0.1) is 0 Å². The average molecular weight is 376 g/mol. The van der Waals surface area contributed by atoms with Crippen molar-refractivity contribution in [1.29, 1.82) is 5.26 Å². The van der Waals surface area contributed by atoms with Crippen molar-refractivity contribution in [2.24, 2.45) is 17.8 Å². The molecule has 0 unspecified atom stereocenters. The van der Waals surface area contributed by atoms with Gasteiger partial charge in [-0.25, -0.2) is 0 Å². The summed E-state index contributed by atoms with van der Waals surface area (Å²) in [6.07, 6.45) is 22.7. The van der Waals surface area contributed by atoms with Crippen LogP contribution < -0.4 is 0 Å². The van der Waals surface area contributed by atoms with Crippen molar-refractivity contribution in [1.82, 2.24) is 0 Å². The van der Waals surface area contributed by atoms with Crippen LogP contribution in [0.5, 0.6) is 0 Å². The van der Waals surface area contributed by atoms with Gasteiger partial charge in [0.05, 0.1) is 6.07 Å². The van der Waals surface area contributed by atoms with E-state index in [0.29, 0.717) is 0 Å². The van der Waals surface area contributed by atoms with Gasteiger partial charge in [0.2, 0.25) is 0 Å². The Balaban J connectivity index is 1.41. The van der Waals surface area contributed by atoms with E-state index in [1.165, 1.54) is 76.2 Å². The molecule has 3 rings (SSSR count). The van der Waals surface area contributed by atoms with Crippen molar-refractivity contribution in [2.45, 2.75) is 83.5 Å². The topological polar surface area (TPSA) is 23.8 Å². The number of hydrogen-bond donors (Lipinski definition) is 0. The second-order valence-electron chi connectivity index (χ2n) is 9.00. The molecule has 0 bridgehead atoms. The normalized spacial score (nSPS) is 28.6. The zero-order valence-electron chi connectivity index (χ0n) is 17.7. The third-order valence-electron chi connectivity index (χ3n) is 7.19. The Morgan fingerprint density at radius 3 is 2.14 bits per heavy atom. The maximum atomic E-state index is 8.55. The number of aryl methyl sites for hydroxylation is 1. The van der Waals surface area contributed by atoms with E-state index in [1.807, 2.05) is 12.1 Å². The number of benzene rings is 1. The van der Waals surface area contributed by atoms with E-state index >= 15 is 0 Å². The zero-order valence-corrected chi connectivity index (χ0v) is 17.7. The minimum absolute atomic E-state index is 0.724. The molecule has 0 heterocycles. The van der Waals surface area contributed by atoms with Gasteiger partial charge < -0.3 is 0 Å². The molecule has 0 amide bonds. The highest BCUT2D eigenvalue weighted by molar-refractivity contribution is 5.26. The predicted octanol–water partition coefficient (Wildman–Crippen LogP) is 7.75. The van der Waals surface area contributed by atoms with Crippen LogP contribution in [0.1, 0.15) is 88.2 Å². The molecule has 2 saturated carbocycles. The van der Waals surface area contributed by atoms with Gasteiger partial charge in [0.15, 0.2) is 0 Å². The fourth-order valence-electron chi connectivity index (χ4n) is 5.39. The van der Waals surface area contributed by atoms with E-state index in [4.69, 9.17) is 5.26 Å². The molecule has 2 aliphatic rings. The number of nitriles is 1. The van der Waals surface area contributed by atoms with Crippen molar-refractivity contribution in [2.75, 3.05) is 0 Å². The first-order chi connectivity index (χ1) is 13.8. The molecule has 0 aromatic heterocycles. The summed E-state index contributed by atoms with van der Waals surface area (Å²) in [6, 6.07) is 11.6. The number of rotatable bonds is 7. The molecule has 1 nitrogen and oxygen atoms in total. The van der Waals surface area contributed by atoms with E-state index < -0.39 is 0 Å². The number of unbranched alkanes of at least 4 members (excludes halogenated alkanes) is 1. The maximum absolute atomic E-state index is 8.55. The lowest BCUT2D eigenvalue weighted by Gasteiger charge is -2.37. The summed E-state index contributed by atoms with van der Waals surface area (Å²) in [5.41, 5.74) is 3.09. The molecule has 0 saturated heterocycles. The minimum atomic E-state index is 0.724. The Kier molecular flexibility index (Phi) is 8.41. The van der Waals surface area contributed by atoms with Crippen LogP contribution >= 0.6 is 0 Å². The van der Waals surface area contributed by atoms with Gasteiger partial charge in [-0.2, -0.15) is 5.26 Å². The van der Waals surface area contributed by atoms with E-state index in [2.05, 4.69) is 43.3 Å². The highest BCUT2D eigenvalue weighted by Gasteiger charge is 2.30. The van der Waals surface area contributed by atoms with E-state index in [1.54, 1.807) is 11.6 Å². The lowest BCUT2D eigenvalue weighted by atomic mass is 9.68. The van der Waals surface area contributed by atoms with E-state index in [-0.39, 0.29) is 0 Å². The molecule has 0 atom stereocenters. The standard InChI is InChI=1S/C27H37N/c1-2-3-7-22-9-13-24(14-10-22)26-17-19-27(20-18-26)25-15-11-23(12-16-25)8-5-4-6-21-28/h4-6,8-10,13-14,23,25-27H,2-3,7,11-12,15-20H2,1H3. The highest BCUT2D eigenvalue weighted by Crippen LogP contribution is 2.44. The molecule has 1 heteroatoms. The van der Waals surface area contributed by atoms with Crippen LogP contribution in [0.15, 0.2) is 48.6 Å². The van der Waals surface area contributed by atoms with Gasteiger partial charge in [-0.1, -0.05) is 55.8 Å². The van der Waals surface area contributed by atoms with E-state index in [0.717, 1.165) is 23.7 Å². The van der Waals surface area contributed by atoms with Crippen molar-refractivity contribution in [3.8, 4) is 6.07 Å². The summed E-state index contributed by atoms with van der Waals surface area (Å²) in [5.74, 6) is 3.44. The summed E-state index contributed by atoms with van der Waals surface area (Å²) < 4.78 is 0. The summed E-state index contributed by atoms with van der Waals surface area (Å²) in [5, 5.41) is 8.55. The molecule has 0 spiro atoms. The largest absolute Gasteiger partial charge is 0.193 e. The van der Waals surface area contributed by atoms with Crippen LogP contribution in [0.2, 0.25) is 0 Å². The highest BCUT2D eigenvalue weighted by atomic mass is 14.4. The molecule has 150 valence electrons. The number of allylic oxidation sites excluding steroid dienone is 4. The minimum Gasteiger partial charge on any atom is -0.193 e. The summed E-state index contributed by atoms with van der Waals surface area (Å²) in [6.45, 7) is 2.27. The Morgan fingerprint density at radius 1 is 0.893 bits per heavy atom. The second-order valence-corrected chi connectivity index (χ2v) is 9.00. The molecule has 0 radical (unpaired) electrons. The Bertz CT molecular complexity index is 659. The van der Waals surface area contributed by atoms with Crippen LogP contribution in [0, 0.1) is 29.1 Å². The smallest absolute Gasteiger partial charge is 0.0912 e. The second kappa shape index (κ2) is 11.3. The Hall–Kier alpha value is -1.81. The molecule has 0 aliphatic heterocycles. The lowest BCUT2D eigenvalue weighted by Crippen LogP contribution is -2.25. The zero-order chi connectivity index (χ0) is 19.6. The first kappa shape index (κ1) is 20.9. The molecule has 2 fully saturated rings. The molecular weight excluding hydrogens is 338 g/mol. The van der Waals surface area contributed by atoms with Crippen LogP contribution in [0.3, 0.4) is 0 Å². The van der Waals surface area contributed by atoms with Crippen molar-refractivity contribution < 1.29 is 0 Å². The van der Waals surface area contributed by atoms with Gasteiger partial charge in [-0.05, 0) is 99.0 Å². The first-order valence-corrected chi connectivity index (χ1v) is 11.6. The lowest BCUT2D eigenvalue weighted by molar-refractivity contribution is 0.171. The van der Waals surface area contributed by atoms with Crippen LogP contribution in [-0.4, -0.2) is 0 Å². The SMILES string of the molecule is CCCCc1ccc(C2CCC(C3CCC(C=CC=CC#N)CC3)CC2)cc1. The number of nitrogens with zero attached hydrogens (tertiary/aromatic N) is 1. The fourth-order valence-corrected chi connectivity index (χ4v) is 5.39. The summed E-state index contributed by atoms with van der Waals surface area (Å²) >= 11 is 0. The van der Waals surface area contributed by atoms with Gasteiger partial charge in [0.25, 0.3) is 0 Å². The van der Waals surface area contributed by atoms with Crippen molar-refractivity contribution in [3.63, 3.8) is 0 Å².